The van der Waals surface area contributed by atoms with Crippen molar-refractivity contribution in [3.8, 4) is 0 Å². The molecule has 0 atom stereocenters. The Balaban J connectivity index is 1.89. The Bertz CT molecular complexity index is 1380. The van der Waals surface area contributed by atoms with Crippen molar-refractivity contribution in [3.05, 3.63) is 72.3 Å². The van der Waals surface area contributed by atoms with Gasteiger partial charge in [0.1, 0.15) is 0 Å². The summed E-state index contributed by atoms with van der Waals surface area (Å²) in [7, 11) is 1.34. The summed E-state index contributed by atoms with van der Waals surface area (Å²) < 4.78 is 4.70. The molecular formula is C25H18O3. The van der Waals surface area contributed by atoms with Crippen LogP contribution in [0.3, 0.4) is 0 Å². The smallest absolute Gasteiger partial charge is 0.305 e. The maximum atomic E-state index is 13.0. The quantitative estimate of drug-likeness (QED) is 0.173. The highest BCUT2D eigenvalue weighted by molar-refractivity contribution is 6.35. The molecule has 136 valence electrons. The summed E-state index contributed by atoms with van der Waals surface area (Å²) in [5.41, 5.74) is 0.672. The van der Waals surface area contributed by atoms with Gasteiger partial charge in [0.15, 0.2) is 5.78 Å². The molecule has 0 N–H and O–H groups in total. The minimum Gasteiger partial charge on any atom is -0.469 e. The van der Waals surface area contributed by atoms with Crippen molar-refractivity contribution in [2.24, 2.45) is 0 Å². The molecule has 0 saturated carbocycles. The highest BCUT2D eigenvalue weighted by Crippen LogP contribution is 2.41. The van der Waals surface area contributed by atoms with E-state index in [9.17, 15) is 9.59 Å². The normalized spacial score (nSPS) is 11.6. The maximum absolute atomic E-state index is 13.0. The van der Waals surface area contributed by atoms with Crippen molar-refractivity contribution >= 4 is 54.8 Å². The number of methoxy groups -OCH3 is 1. The number of ketones is 1. The number of ether oxygens (including phenoxy) is 1. The molecule has 28 heavy (non-hydrogen) atoms. The number of Topliss-reactive ketones (excluding diaryl/α,β-unsaturated/α-hetero) is 1. The molecule has 0 spiro atoms. The van der Waals surface area contributed by atoms with E-state index < -0.39 is 0 Å². The number of hydrogen-bond donors (Lipinski definition) is 0. The molecule has 5 aromatic rings. The van der Waals surface area contributed by atoms with Crippen LogP contribution in [0, 0.1) is 0 Å². The second kappa shape index (κ2) is 6.31. The molecule has 0 bridgehead atoms. The van der Waals surface area contributed by atoms with Crippen LogP contribution >= 0.6 is 0 Å². The molecule has 0 radical (unpaired) electrons. The Morgan fingerprint density at radius 1 is 0.679 bits per heavy atom. The van der Waals surface area contributed by atoms with E-state index in [2.05, 4.69) is 48.5 Å². The Kier molecular flexibility index (Phi) is 3.76. The second-order valence-electron chi connectivity index (χ2n) is 7.10. The van der Waals surface area contributed by atoms with Gasteiger partial charge >= 0.3 is 5.97 Å². The fraction of sp³-hybridized carbons (Fsp3) is 0.120. The standard InChI is InChI=1S/C25H18O3/c1-28-22(27)14-13-21(26)19-12-11-16-7-3-9-18-17-8-2-5-15-6-4-10-20(23(15)17)25(19)24(16)18/h2-12H,13-14H2,1H3. The first kappa shape index (κ1) is 16.7. The first-order valence-corrected chi connectivity index (χ1v) is 9.37. The van der Waals surface area contributed by atoms with Gasteiger partial charge in [0.2, 0.25) is 0 Å². The van der Waals surface area contributed by atoms with E-state index in [1.54, 1.807) is 0 Å². The number of esters is 1. The van der Waals surface area contributed by atoms with Gasteiger partial charge in [-0.1, -0.05) is 66.7 Å². The average Bonchev–Trinajstić information content (AvgIpc) is 2.74. The lowest BCUT2D eigenvalue weighted by Crippen LogP contribution is -2.07. The number of carbonyl (C=O) groups excluding carboxylic acids is 2. The fourth-order valence-corrected chi connectivity index (χ4v) is 4.34. The topological polar surface area (TPSA) is 43.4 Å². The SMILES string of the molecule is COC(=O)CCC(=O)c1ccc2cccc3c4cccc5cccc(c1c23)c54. The molecule has 0 heterocycles. The number of hydrogen-bond acceptors (Lipinski definition) is 3. The molecule has 3 heteroatoms. The van der Waals surface area contributed by atoms with Gasteiger partial charge in [-0.05, 0) is 37.7 Å². The van der Waals surface area contributed by atoms with Crippen molar-refractivity contribution in [3.63, 3.8) is 0 Å². The van der Waals surface area contributed by atoms with Crippen molar-refractivity contribution in [1.29, 1.82) is 0 Å². The first-order valence-electron chi connectivity index (χ1n) is 9.37. The van der Waals surface area contributed by atoms with E-state index in [-0.39, 0.29) is 24.6 Å². The molecule has 0 fully saturated rings. The number of carbonyl (C=O) groups is 2. The third kappa shape index (κ3) is 2.36. The molecule has 0 aliphatic rings. The largest absolute Gasteiger partial charge is 0.469 e. The zero-order chi connectivity index (χ0) is 19.3. The first-order chi connectivity index (χ1) is 13.7. The van der Waals surface area contributed by atoms with Crippen LogP contribution in [0.4, 0.5) is 0 Å². The van der Waals surface area contributed by atoms with Gasteiger partial charge < -0.3 is 4.74 Å². The van der Waals surface area contributed by atoms with Gasteiger partial charge in [0.05, 0.1) is 13.5 Å². The van der Waals surface area contributed by atoms with Gasteiger partial charge in [-0.25, -0.2) is 0 Å². The van der Waals surface area contributed by atoms with Crippen LogP contribution in [0.15, 0.2) is 66.7 Å². The monoisotopic (exact) mass is 366 g/mol. The van der Waals surface area contributed by atoms with Crippen molar-refractivity contribution < 1.29 is 14.3 Å². The van der Waals surface area contributed by atoms with Crippen molar-refractivity contribution in [2.75, 3.05) is 7.11 Å². The molecule has 5 rings (SSSR count). The zero-order valence-electron chi connectivity index (χ0n) is 15.5. The molecule has 0 aromatic heterocycles. The van der Waals surface area contributed by atoms with E-state index in [0.717, 1.165) is 32.3 Å². The van der Waals surface area contributed by atoms with Crippen molar-refractivity contribution in [1.82, 2.24) is 0 Å². The van der Waals surface area contributed by atoms with E-state index in [0.29, 0.717) is 5.56 Å². The minimum absolute atomic E-state index is 0.0338. The highest BCUT2D eigenvalue weighted by Gasteiger charge is 2.19. The van der Waals surface area contributed by atoms with Crippen LogP contribution in [-0.2, 0) is 9.53 Å². The minimum atomic E-state index is -0.365. The molecule has 0 aliphatic heterocycles. The Morgan fingerprint density at radius 2 is 1.29 bits per heavy atom. The Labute approximate surface area is 161 Å². The summed E-state index contributed by atoms with van der Waals surface area (Å²) >= 11 is 0. The lowest BCUT2D eigenvalue weighted by atomic mass is 9.86. The third-order valence-electron chi connectivity index (χ3n) is 5.59. The highest BCUT2D eigenvalue weighted by atomic mass is 16.5. The summed E-state index contributed by atoms with van der Waals surface area (Å²) in [4.78, 5) is 24.6. The molecule has 0 amide bonds. The fourth-order valence-electron chi connectivity index (χ4n) is 4.34. The predicted molar refractivity (Wildman–Crippen MR) is 113 cm³/mol. The van der Waals surface area contributed by atoms with Crippen LogP contribution in [0.5, 0.6) is 0 Å². The predicted octanol–water partition coefficient (Wildman–Crippen LogP) is 5.87. The van der Waals surface area contributed by atoms with Crippen LogP contribution < -0.4 is 0 Å². The number of fused-ring (bicyclic) bond motifs is 2. The number of benzene rings is 5. The van der Waals surface area contributed by atoms with Gasteiger partial charge in [0, 0.05) is 17.4 Å². The van der Waals surface area contributed by atoms with Crippen LogP contribution in [0.1, 0.15) is 23.2 Å². The van der Waals surface area contributed by atoms with Crippen LogP contribution in [0.25, 0.3) is 43.1 Å². The van der Waals surface area contributed by atoms with E-state index >= 15 is 0 Å². The summed E-state index contributed by atoms with van der Waals surface area (Å²) in [6, 6.07) is 22.7. The maximum Gasteiger partial charge on any atom is 0.305 e. The van der Waals surface area contributed by atoms with Crippen LogP contribution in [-0.4, -0.2) is 18.9 Å². The van der Waals surface area contributed by atoms with E-state index in [1.165, 1.54) is 17.9 Å². The van der Waals surface area contributed by atoms with E-state index in [4.69, 9.17) is 4.74 Å². The molecular weight excluding hydrogens is 348 g/mol. The average molecular weight is 366 g/mol. The third-order valence-corrected chi connectivity index (χ3v) is 5.59. The summed E-state index contributed by atoms with van der Waals surface area (Å²) in [6.45, 7) is 0. The summed E-state index contributed by atoms with van der Waals surface area (Å²) in [5, 5.41) is 8.98. The van der Waals surface area contributed by atoms with E-state index in [1.807, 2.05) is 18.2 Å². The lowest BCUT2D eigenvalue weighted by molar-refractivity contribution is -0.140. The molecule has 5 aromatic carbocycles. The van der Waals surface area contributed by atoms with Gasteiger partial charge in [-0.2, -0.15) is 0 Å². The summed E-state index contributed by atoms with van der Waals surface area (Å²) in [5.74, 6) is -0.399. The van der Waals surface area contributed by atoms with Gasteiger partial charge in [0.25, 0.3) is 0 Å². The molecule has 0 saturated heterocycles. The van der Waals surface area contributed by atoms with Gasteiger partial charge in [-0.3, -0.25) is 9.59 Å². The Morgan fingerprint density at radius 3 is 1.96 bits per heavy atom. The van der Waals surface area contributed by atoms with Crippen LogP contribution in [0.2, 0.25) is 0 Å². The molecule has 3 nitrogen and oxygen atoms in total. The van der Waals surface area contributed by atoms with Gasteiger partial charge in [-0.15, -0.1) is 0 Å². The second-order valence-corrected chi connectivity index (χ2v) is 7.10. The Hall–Kier alpha value is -3.46. The number of rotatable bonds is 4. The molecule has 0 unspecified atom stereocenters. The van der Waals surface area contributed by atoms with Crippen molar-refractivity contribution in [2.45, 2.75) is 12.8 Å². The lowest BCUT2D eigenvalue weighted by Gasteiger charge is -2.16. The zero-order valence-corrected chi connectivity index (χ0v) is 15.5. The summed E-state index contributed by atoms with van der Waals surface area (Å²) in [6.07, 6.45) is 0.236. The molecule has 0 aliphatic carbocycles.